The van der Waals surface area contributed by atoms with Gasteiger partial charge in [0, 0.05) is 32.3 Å². The van der Waals surface area contributed by atoms with Gasteiger partial charge in [0.2, 0.25) is 5.91 Å². The molecule has 2 saturated carbocycles. The molecule has 3 fully saturated rings. The van der Waals surface area contributed by atoms with Crippen LogP contribution in [0.4, 0.5) is 5.82 Å². The molecule has 3 aliphatic rings. The molecule has 6 heteroatoms. The Balaban J connectivity index is 1.37. The van der Waals surface area contributed by atoms with Crippen LogP contribution >= 0.6 is 0 Å². The molecule has 0 aromatic carbocycles. The van der Waals surface area contributed by atoms with Gasteiger partial charge >= 0.3 is 0 Å². The molecule has 2 aromatic rings. The summed E-state index contributed by atoms with van der Waals surface area (Å²) in [5.74, 6) is 2.03. The van der Waals surface area contributed by atoms with Crippen molar-refractivity contribution in [2.24, 2.45) is 5.92 Å². The molecule has 0 radical (unpaired) electrons. The molecule has 3 heterocycles. The van der Waals surface area contributed by atoms with E-state index in [9.17, 15) is 4.79 Å². The molecule has 1 aliphatic heterocycles. The smallest absolute Gasteiger partial charge is 0.223 e. The average Bonchev–Trinajstić information content (AvgIpc) is 3.05. The number of rotatable bonds is 3. The van der Waals surface area contributed by atoms with Gasteiger partial charge in [-0.15, -0.1) is 0 Å². The number of hydrogen-bond acceptors (Lipinski definition) is 4. The number of carbonyl (C=O) groups excluding carboxylic acids is 1. The second-order valence-electron chi connectivity index (χ2n) is 8.34. The Morgan fingerprint density at radius 3 is 2.85 bits per heavy atom. The number of aromatic amines is 1. The van der Waals surface area contributed by atoms with Crippen LogP contribution in [-0.2, 0) is 4.79 Å². The molecular formula is C20H27N5O. The highest BCUT2D eigenvalue weighted by Gasteiger charge is 2.52. The van der Waals surface area contributed by atoms with E-state index >= 15 is 0 Å². The van der Waals surface area contributed by atoms with E-state index in [0.717, 1.165) is 62.2 Å². The van der Waals surface area contributed by atoms with Gasteiger partial charge in [0.25, 0.3) is 0 Å². The standard InChI is InChI=1S/C20H27N5O/c26-17(12-15-4-1-2-5-15)25-11-3-10-24(13-20(25)7-8-20)19-16-6-9-21-18(16)22-14-23-19/h6,9,14-15H,1-5,7-8,10-13H2,(H,21,22,23). The van der Waals surface area contributed by atoms with E-state index < -0.39 is 0 Å². The topological polar surface area (TPSA) is 65.1 Å². The van der Waals surface area contributed by atoms with Gasteiger partial charge in [-0.25, -0.2) is 9.97 Å². The Hall–Kier alpha value is -2.11. The van der Waals surface area contributed by atoms with Crippen LogP contribution in [0.3, 0.4) is 0 Å². The Labute approximate surface area is 154 Å². The summed E-state index contributed by atoms with van der Waals surface area (Å²) in [5.41, 5.74) is 0.929. The molecular weight excluding hydrogens is 326 g/mol. The van der Waals surface area contributed by atoms with E-state index in [4.69, 9.17) is 0 Å². The fourth-order valence-electron chi connectivity index (χ4n) is 5.00. The van der Waals surface area contributed by atoms with E-state index in [2.05, 4.69) is 30.8 Å². The summed E-state index contributed by atoms with van der Waals surface area (Å²) >= 11 is 0. The zero-order valence-electron chi connectivity index (χ0n) is 15.3. The molecule has 1 spiro atoms. The minimum Gasteiger partial charge on any atom is -0.354 e. The number of fused-ring (bicyclic) bond motifs is 1. The van der Waals surface area contributed by atoms with Crippen LogP contribution in [0.2, 0.25) is 0 Å². The van der Waals surface area contributed by atoms with Crippen LogP contribution in [0.1, 0.15) is 51.4 Å². The lowest BCUT2D eigenvalue weighted by molar-refractivity contribution is -0.135. The lowest BCUT2D eigenvalue weighted by atomic mass is 10.0. The van der Waals surface area contributed by atoms with Crippen LogP contribution < -0.4 is 4.90 Å². The second kappa shape index (κ2) is 6.25. The van der Waals surface area contributed by atoms with E-state index in [1.807, 2.05) is 6.20 Å². The van der Waals surface area contributed by atoms with Gasteiger partial charge in [0.05, 0.1) is 10.9 Å². The number of nitrogens with zero attached hydrogens (tertiary/aromatic N) is 4. The quantitative estimate of drug-likeness (QED) is 0.921. The number of nitrogens with one attached hydrogen (secondary N) is 1. The van der Waals surface area contributed by atoms with Crippen LogP contribution in [0.15, 0.2) is 18.6 Å². The normalized spacial score (nSPS) is 22.9. The van der Waals surface area contributed by atoms with Crippen LogP contribution in [0.25, 0.3) is 11.0 Å². The van der Waals surface area contributed by atoms with Gasteiger partial charge < -0.3 is 14.8 Å². The number of amides is 1. The van der Waals surface area contributed by atoms with Crippen molar-refractivity contribution in [1.82, 2.24) is 19.9 Å². The predicted octanol–water partition coefficient (Wildman–Crippen LogP) is 3.11. The summed E-state index contributed by atoms with van der Waals surface area (Å²) < 4.78 is 0. The highest BCUT2D eigenvalue weighted by Crippen LogP contribution is 2.45. The van der Waals surface area contributed by atoms with Crippen LogP contribution in [-0.4, -0.2) is 50.9 Å². The highest BCUT2D eigenvalue weighted by molar-refractivity contribution is 5.87. The maximum atomic E-state index is 13.1. The molecule has 2 aromatic heterocycles. The first kappa shape index (κ1) is 16.1. The van der Waals surface area contributed by atoms with E-state index in [-0.39, 0.29) is 5.54 Å². The third-order valence-corrected chi connectivity index (χ3v) is 6.57. The first-order valence-electron chi connectivity index (χ1n) is 10.1. The van der Waals surface area contributed by atoms with Gasteiger partial charge in [0.1, 0.15) is 17.8 Å². The minimum absolute atomic E-state index is 0.0414. The van der Waals surface area contributed by atoms with Crippen LogP contribution in [0, 0.1) is 5.92 Å². The molecule has 0 bridgehead atoms. The molecule has 1 saturated heterocycles. The monoisotopic (exact) mass is 353 g/mol. The molecule has 2 aliphatic carbocycles. The van der Waals surface area contributed by atoms with Gasteiger partial charge in [-0.1, -0.05) is 12.8 Å². The third-order valence-electron chi connectivity index (χ3n) is 6.57. The Bertz CT molecular complexity index is 805. The van der Waals surface area contributed by atoms with Crippen molar-refractivity contribution in [3.63, 3.8) is 0 Å². The summed E-state index contributed by atoms with van der Waals surface area (Å²) in [7, 11) is 0. The molecule has 26 heavy (non-hydrogen) atoms. The van der Waals surface area contributed by atoms with Crippen molar-refractivity contribution in [2.75, 3.05) is 24.5 Å². The Morgan fingerprint density at radius 1 is 1.19 bits per heavy atom. The number of anilines is 1. The van der Waals surface area contributed by atoms with Gasteiger partial charge in [-0.3, -0.25) is 4.79 Å². The molecule has 0 unspecified atom stereocenters. The molecule has 1 N–H and O–H groups in total. The van der Waals surface area contributed by atoms with Crippen molar-refractivity contribution in [1.29, 1.82) is 0 Å². The van der Waals surface area contributed by atoms with Gasteiger partial charge in [-0.05, 0) is 44.1 Å². The zero-order chi connectivity index (χ0) is 17.6. The fraction of sp³-hybridized carbons (Fsp3) is 0.650. The average molecular weight is 353 g/mol. The lowest BCUT2D eigenvalue weighted by Gasteiger charge is -2.33. The summed E-state index contributed by atoms with van der Waals surface area (Å²) in [5, 5.41) is 1.08. The number of H-pyrrole nitrogens is 1. The van der Waals surface area contributed by atoms with Crippen molar-refractivity contribution < 1.29 is 4.79 Å². The molecule has 0 atom stereocenters. The summed E-state index contributed by atoms with van der Waals surface area (Å²) in [6, 6.07) is 2.05. The fourth-order valence-corrected chi connectivity index (χ4v) is 5.00. The van der Waals surface area contributed by atoms with Gasteiger partial charge in [-0.2, -0.15) is 0 Å². The summed E-state index contributed by atoms with van der Waals surface area (Å²) in [6.45, 7) is 2.75. The third kappa shape index (κ3) is 2.75. The van der Waals surface area contributed by atoms with Crippen molar-refractivity contribution in [3.05, 3.63) is 18.6 Å². The highest BCUT2D eigenvalue weighted by atomic mass is 16.2. The van der Waals surface area contributed by atoms with E-state index in [1.54, 1.807) is 6.33 Å². The molecule has 138 valence electrons. The molecule has 6 nitrogen and oxygen atoms in total. The van der Waals surface area contributed by atoms with Crippen molar-refractivity contribution in [3.8, 4) is 0 Å². The maximum absolute atomic E-state index is 13.1. The minimum atomic E-state index is 0.0414. The van der Waals surface area contributed by atoms with Gasteiger partial charge in [0.15, 0.2) is 0 Å². The largest absolute Gasteiger partial charge is 0.354 e. The maximum Gasteiger partial charge on any atom is 0.223 e. The summed E-state index contributed by atoms with van der Waals surface area (Å²) in [4.78, 5) is 29.7. The first-order chi connectivity index (χ1) is 12.8. The van der Waals surface area contributed by atoms with E-state index in [1.165, 1.54) is 25.7 Å². The van der Waals surface area contributed by atoms with E-state index in [0.29, 0.717) is 11.8 Å². The first-order valence-corrected chi connectivity index (χ1v) is 10.1. The lowest BCUT2D eigenvalue weighted by Crippen LogP contribution is -2.47. The SMILES string of the molecule is O=C(CC1CCCC1)N1CCCN(c2ncnc3[nH]ccc23)CC12CC2. The molecule has 1 amide bonds. The number of carbonyl (C=O) groups is 1. The Kier molecular flexibility index (Phi) is 3.87. The molecule has 5 rings (SSSR count). The number of hydrogen-bond donors (Lipinski definition) is 1. The second-order valence-corrected chi connectivity index (χ2v) is 8.34. The number of aromatic nitrogens is 3. The summed E-state index contributed by atoms with van der Waals surface area (Å²) in [6.07, 6.45) is 12.7. The predicted molar refractivity (Wildman–Crippen MR) is 101 cm³/mol. The van der Waals surface area contributed by atoms with Crippen molar-refractivity contribution >= 4 is 22.8 Å². The van der Waals surface area contributed by atoms with Crippen LogP contribution in [0.5, 0.6) is 0 Å². The zero-order valence-corrected chi connectivity index (χ0v) is 15.3. The Morgan fingerprint density at radius 2 is 2.04 bits per heavy atom. The van der Waals surface area contributed by atoms with Crippen molar-refractivity contribution in [2.45, 2.75) is 56.9 Å².